The predicted molar refractivity (Wildman–Crippen MR) is 59.2 cm³/mol. The Kier molecular flexibility index (Phi) is 4.25. The lowest BCUT2D eigenvalue weighted by atomic mass is 10.2. The molecule has 3 N–H and O–H groups in total. The number of aryl methyl sites for hydroxylation is 1. The summed E-state index contributed by atoms with van der Waals surface area (Å²) >= 11 is 0. The van der Waals surface area contributed by atoms with Crippen LogP contribution in [0.5, 0.6) is 0 Å². The van der Waals surface area contributed by atoms with Gasteiger partial charge in [-0.15, -0.1) is 0 Å². The molecular formula is C10H16N2OS. The van der Waals surface area contributed by atoms with Crippen LogP contribution in [0.25, 0.3) is 0 Å². The van der Waals surface area contributed by atoms with Gasteiger partial charge in [0.15, 0.2) is 0 Å². The van der Waals surface area contributed by atoms with Crippen LogP contribution in [0.2, 0.25) is 0 Å². The third-order valence-corrected chi connectivity index (χ3v) is 2.90. The highest BCUT2D eigenvalue weighted by molar-refractivity contribution is 7.83. The van der Waals surface area contributed by atoms with Gasteiger partial charge in [-0.05, 0) is 26.0 Å². The highest BCUT2D eigenvalue weighted by atomic mass is 32.2. The SMILES string of the molecule is Cc1ccc(S(=O)NC[C@H](C)N)cc1. The van der Waals surface area contributed by atoms with Crippen LogP contribution >= 0.6 is 0 Å². The molecule has 0 aliphatic carbocycles. The fourth-order valence-corrected chi connectivity index (χ4v) is 1.92. The third kappa shape index (κ3) is 3.57. The summed E-state index contributed by atoms with van der Waals surface area (Å²) in [5.74, 6) is 0. The Bertz CT molecular complexity index is 308. The topological polar surface area (TPSA) is 55.1 Å². The second-order valence-electron chi connectivity index (χ2n) is 3.41. The molecule has 0 aliphatic heterocycles. The van der Waals surface area contributed by atoms with Crippen molar-refractivity contribution in [3.05, 3.63) is 29.8 Å². The summed E-state index contributed by atoms with van der Waals surface area (Å²) in [6.45, 7) is 4.43. The quantitative estimate of drug-likeness (QED) is 0.781. The van der Waals surface area contributed by atoms with Gasteiger partial charge in [-0.3, -0.25) is 0 Å². The summed E-state index contributed by atoms with van der Waals surface area (Å²) in [5, 5.41) is 0. The molecule has 0 spiro atoms. The molecule has 0 aliphatic rings. The van der Waals surface area contributed by atoms with Gasteiger partial charge >= 0.3 is 0 Å². The fourth-order valence-electron chi connectivity index (χ4n) is 0.952. The lowest BCUT2D eigenvalue weighted by molar-refractivity contribution is 0.656. The van der Waals surface area contributed by atoms with E-state index < -0.39 is 11.0 Å². The lowest BCUT2D eigenvalue weighted by Crippen LogP contribution is -2.32. The second kappa shape index (κ2) is 5.24. The first-order valence-corrected chi connectivity index (χ1v) is 5.72. The number of rotatable bonds is 4. The van der Waals surface area contributed by atoms with E-state index in [1.165, 1.54) is 0 Å². The Morgan fingerprint density at radius 2 is 2.00 bits per heavy atom. The molecule has 0 radical (unpaired) electrons. The van der Waals surface area contributed by atoms with Crippen molar-refractivity contribution in [2.75, 3.05) is 6.54 Å². The van der Waals surface area contributed by atoms with Crippen molar-refractivity contribution in [3.8, 4) is 0 Å². The summed E-state index contributed by atoms with van der Waals surface area (Å²) < 4.78 is 14.5. The van der Waals surface area contributed by atoms with E-state index in [4.69, 9.17) is 5.73 Å². The predicted octanol–water partition coefficient (Wildman–Crippen LogP) is 0.954. The summed E-state index contributed by atoms with van der Waals surface area (Å²) in [5.41, 5.74) is 6.71. The molecule has 0 bridgehead atoms. The number of nitrogens with two attached hydrogens (primary N) is 1. The largest absolute Gasteiger partial charge is 0.327 e. The Balaban J connectivity index is 2.57. The van der Waals surface area contributed by atoms with E-state index in [9.17, 15) is 4.21 Å². The number of benzene rings is 1. The van der Waals surface area contributed by atoms with Crippen LogP contribution in [0.15, 0.2) is 29.2 Å². The molecule has 1 aromatic rings. The van der Waals surface area contributed by atoms with Gasteiger partial charge in [-0.2, -0.15) is 0 Å². The Morgan fingerprint density at radius 1 is 1.43 bits per heavy atom. The van der Waals surface area contributed by atoms with Crippen molar-refractivity contribution in [2.45, 2.75) is 24.8 Å². The van der Waals surface area contributed by atoms with Crippen LogP contribution in [0.1, 0.15) is 12.5 Å². The maximum Gasteiger partial charge on any atom is 0.124 e. The number of nitrogens with one attached hydrogen (secondary N) is 1. The molecule has 4 heteroatoms. The average Bonchev–Trinajstić information content (AvgIpc) is 2.15. The molecule has 78 valence electrons. The minimum Gasteiger partial charge on any atom is -0.327 e. The van der Waals surface area contributed by atoms with E-state index in [0.717, 1.165) is 10.5 Å². The summed E-state index contributed by atoms with van der Waals surface area (Å²) in [6.07, 6.45) is 0. The van der Waals surface area contributed by atoms with Crippen LogP contribution < -0.4 is 10.5 Å². The van der Waals surface area contributed by atoms with Crippen LogP contribution in [-0.2, 0) is 11.0 Å². The number of hydrogen-bond acceptors (Lipinski definition) is 2. The van der Waals surface area contributed by atoms with E-state index in [1.54, 1.807) is 0 Å². The van der Waals surface area contributed by atoms with Crippen molar-refractivity contribution in [3.63, 3.8) is 0 Å². The first kappa shape index (κ1) is 11.4. The Labute approximate surface area is 87.3 Å². The molecule has 14 heavy (non-hydrogen) atoms. The highest BCUT2D eigenvalue weighted by Gasteiger charge is 2.03. The maximum absolute atomic E-state index is 11.6. The first-order chi connectivity index (χ1) is 6.59. The molecule has 3 nitrogen and oxygen atoms in total. The van der Waals surface area contributed by atoms with Gasteiger partial charge in [0.05, 0.1) is 4.90 Å². The Morgan fingerprint density at radius 3 is 2.50 bits per heavy atom. The molecule has 0 saturated heterocycles. The average molecular weight is 212 g/mol. The zero-order valence-electron chi connectivity index (χ0n) is 8.49. The highest BCUT2D eigenvalue weighted by Crippen LogP contribution is 2.06. The van der Waals surface area contributed by atoms with Crippen LogP contribution in [0.3, 0.4) is 0 Å². The molecule has 2 atom stereocenters. The minimum absolute atomic E-state index is 0.0180. The molecule has 0 amide bonds. The van der Waals surface area contributed by atoms with Gasteiger partial charge in [-0.1, -0.05) is 17.7 Å². The van der Waals surface area contributed by atoms with E-state index in [2.05, 4.69) is 4.72 Å². The van der Waals surface area contributed by atoms with Gasteiger partial charge in [0.2, 0.25) is 0 Å². The van der Waals surface area contributed by atoms with Crippen molar-refractivity contribution < 1.29 is 4.21 Å². The molecule has 0 aromatic heterocycles. The van der Waals surface area contributed by atoms with Crippen LogP contribution in [0, 0.1) is 6.92 Å². The van der Waals surface area contributed by atoms with Crippen LogP contribution in [-0.4, -0.2) is 16.8 Å². The Hall–Kier alpha value is -0.710. The molecule has 1 rings (SSSR count). The molecule has 0 saturated carbocycles. The van der Waals surface area contributed by atoms with Crippen molar-refractivity contribution in [2.24, 2.45) is 5.73 Å². The van der Waals surface area contributed by atoms with Gasteiger partial charge in [0, 0.05) is 12.6 Å². The van der Waals surface area contributed by atoms with Gasteiger partial charge in [0.25, 0.3) is 0 Å². The molecular weight excluding hydrogens is 196 g/mol. The minimum atomic E-state index is -1.14. The normalized spacial score (nSPS) is 15.1. The van der Waals surface area contributed by atoms with Gasteiger partial charge < -0.3 is 5.73 Å². The van der Waals surface area contributed by atoms with E-state index in [0.29, 0.717) is 6.54 Å². The van der Waals surface area contributed by atoms with Crippen molar-refractivity contribution >= 4 is 11.0 Å². The van der Waals surface area contributed by atoms with E-state index in [-0.39, 0.29) is 6.04 Å². The van der Waals surface area contributed by atoms with Crippen LogP contribution in [0.4, 0.5) is 0 Å². The molecule has 1 unspecified atom stereocenters. The monoisotopic (exact) mass is 212 g/mol. The lowest BCUT2D eigenvalue weighted by Gasteiger charge is -2.07. The fraction of sp³-hybridized carbons (Fsp3) is 0.400. The number of hydrogen-bond donors (Lipinski definition) is 2. The summed E-state index contributed by atoms with van der Waals surface area (Å²) in [7, 11) is -1.14. The zero-order chi connectivity index (χ0) is 10.6. The summed E-state index contributed by atoms with van der Waals surface area (Å²) in [4.78, 5) is 0.788. The van der Waals surface area contributed by atoms with Crippen molar-refractivity contribution in [1.82, 2.24) is 4.72 Å². The summed E-state index contributed by atoms with van der Waals surface area (Å²) in [6, 6.07) is 7.63. The maximum atomic E-state index is 11.6. The van der Waals surface area contributed by atoms with E-state index in [1.807, 2.05) is 38.1 Å². The first-order valence-electron chi connectivity index (χ1n) is 4.57. The van der Waals surface area contributed by atoms with Gasteiger partial charge in [-0.25, -0.2) is 8.93 Å². The molecule has 0 heterocycles. The smallest absolute Gasteiger partial charge is 0.124 e. The molecule has 0 fully saturated rings. The van der Waals surface area contributed by atoms with E-state index >= 15 is 0 Å². The second-order valence-corrected chi connectivity index (χ2v) is 4.71. The van der Waals surface area contributed by atoms with Crippen molar-refractivity contribution in [1.29, 1.82) is 0 Å². The third-order valence-electron chi connectivity index (χ3n) is 1.77. The molecule has 1 aromatic carbocycles. The standard InChI is InChI=1S/C10H16N2OS/c1-8-3-5-10(6-4-8)14(13)12-7-9(2)11/h3-6,9,12H,7,11H2,1-2H3/t9-,14?/m0/s1. The zero-order valence-corrected chi connectivity index (χ0v) is 9.30. The van der Waals surface area contributed by atoms with Gasteiger partial charge in [0.1, 0.15) is 11.0 Å².